The van der Waals surface area contributed by atoms with Crippen LogP contribution in [0, 0.1) is 0 Å². The fourth-order valence-electron chi connectivity index (χ4n) is 2.43. The van der Waals surface area contributed by atoms with Crippen LogP contribution < -0.4 is 5.32 Å². The van der Waals surface area contributed by atoms with Crippen molar-refractivity contribution < 1.29 is 13.9 Å². The van der Waals surface area contributed by atoms with Gasteiger partial charge in [0.2, 0.25) is 0 Å². The quantitative estimate of drug-likeness (QED) is 0.848. The summed E-state index contributed by atoms with van der Waals surface area (Å²) >= 11 is 0. The van der Waals surface area contributed by atoms with Crippen molar-refractivity contribution in [3.05, 3.63) is 34.9 Å². The molecule has 0 bridgehead atoms. The summed E-state index contributed by atoms with van der Waals surface area (Å²) in [6.45, 7) is 0.578. The molecule has 2 rings (SSSR count). The molecule has 2 N–H and O–H groups in total. The van der Waals surface area contributed by atoms with Gasteiger partial charge in [-0.2, -0.15) is 0 Å². The van der Waals surface area contributed by atoms with Gasteiger partial charge in [-0.05, 0) is 36.6 Å². The predicted octanol–water partition coefficient (Wildman–Crippen LogP) is 2.02. The Balaban J connectivity index is 2.52. The van der Waals surface area contributed by atoms with Crippen molar-refractivity contribution in [3.8, 4) is 0 Å². The molecule has 1 aromatic carbocycles. The van der Waals surface area contributed by atoms with E-state index >= 15 is 0 Å². The summed E-state index contributed by atoms with van der Waals surface area (Å²) in [6.07, 6.45) is 0.693. The molecule has 94 valence electrons. The monoisotopic (exact) mass is 241 g/mol. The van der Waals surface area contributed by atoms with E-state index in [2.05, 4.69) is 5.32 Å². The second kappa shape index (κ2) is 4.70. The number of fused-ring (bicyclic) bond motifs is 1. The zero-order valence-corrected chi connectivity index (χ0v) is 9.84. The summed E-state index contributed by atoms with van der Waals surface area (Å²) in [5, 5.41) is 13.3. The molecule has 0 saturated carbocycles. The Morgan fingerprint density at radius 2 is 2.12 bits per heavy atom. The third-order valence-electron chi connectivity index (χ3n) is 3.45. The highest BCUT2D eigenvalue weighted by Gasteiger charge is 2.34. The Kier molecular flexibility index (Phi) is 3.45. The lowest BCUT2D eigenvalue weighted by molar-refractivity contribution is -0.0120. The molecule has 0 fully saturated rings. The molecule has 0 aliphatic carbocycles. The number of nitrogens with one attached hydrogen (secondary N) is 1. The topological polar surface area (TPSA) is 32.3 Å². The standard InChI is InChI=1S/C13H17F2NO/c1-9-10-3-2-4-12(11(10)5-6-16-9)13(17,7-14)8-15/h2-4,9,16-17H,5-8H2,1H3/t9-/m0/s1. The maximum absolute atomic E-state index is 12.9. The Labute approximate surface area is 99.7 Å². The molecule has 1 aliphatic heterocycles. The Hall–Kier alpha value is -1.00. The lowest BCUT2D eigenvalue weighted by Gasteiger charge is -2.31. The van der Waals surface area contributed by atoms with Crippen LogP contribution in [0.5, 0.6) is 0 Å². The van der Waals surface area contributed by atoms with E-state index in [0.717, 1.165) is 17.7 Å². The zero-order valence-electron chi connectivity index (χ0n) is 9.84. The average Bonchev–Trinajstić information content (AvgIpc) is 2.38. The number of halogens is 2. The maximum Gasteiger partial charge on any atom is 0.146 e. The van der Waals surface area contributed by atoms with Crippen LogP contribution in [0.4, 0.5) is 8.78 Å². The van der Waals surface area contributed by atoms with E-state index in [-0.39, 0.29) is 6.04 Å². The Morgan fingerprint density at radius 3 is 2.76 bits per heavy atom. The van der Waals surface area contributed by atoms with Gasteiger partial charge in [-0.15, -0.1) is 0 Å². The van der Waals surface area contributed by atoms with Crippen molar-refractivity contribution in [1.82, 2.24) is 5.32 Å². The van der Waals surface area contributed by atoms with Gasteiger partial charge in [-0.25, -0.2) is 8.78 Å². The lowest BCUT2D eigenvalue weighted by Crippen LogP contribution is -2.36. The first-order chi connectivity index (χ1) is 8.12. The molecule has 1 aromatic rings. The van der Waals surface area contributed by atoms with Crippen LogP contribution in [0.3, 0.4) is 0 Å². The summed E-state index contributed by atoms with van der Waals surface area (Å²) in [4.78, 5) is 0. The summed E-state index contributed by atoms with van der Waals surface area (Å²) < 4.78 is 25.8. The van der Waals surface area contributed by atoms with Gasteiger partial charge in [0.05, 0.1) is 0 Å². The molecular formula is C13H17F2NO. The molecule has 0 radical (unpaired) electrons. The van der Waals surface area contributed by atoms with Crippen molar-refractivity contribution in [2.45, 2.75) is 25.0 Å². The van der Waals surface area contributed by atoms with Crippen LogP contribution in [0.25, 0.3) is 0 Å². The van der Waals surface area contributed by atoms with Gasteiger partial charge in [0.15, 0.2) is 0 Å². The smallest absolute Gasteiger partial charge is 0.146 e. The van der Waals surface area contributed by atoms with E-state index in [1.54, 1.807) is 12.1 Å². The summed E-state index contributed by atoms with van der Waals surface area (Å²) in [5.41, 5.74) is 0.321. The third kappa shape index (κ3) is 2.07. The largest absolute Gasteiger partial charge is 0.380 e. The molecule has 1 atom stereocenters. The average molecular weight is 241 g/mol. The predicted molar refractivity (Wildman–Crippen MR) is 62.4 cm³/mol. The first-order valence-electron chi connectivity index (χ1n) is 5.82. The second-order valence-electron chi connectivity index (χ2n) is 4.60. The second-order valence-corrected chi connectivity index (χ2v) is 4.60. The van der Waals surface area contributed by atoms with E-state index < -0.39 is 19.0 Å². The summed E-state index contributed by atoms with van der Waals surface area (Å²) in [6, 6.07) is 5.46. The number of alkyl halides is 2. The first kappa shape index (κ1) is 12.5. The number of aliphatic hydroxyl groups is 1. The van der Waals surface area contributed by atoms with Gasteiger partial charge in [0.25, 0.3) is 0 Å². The minimum Gasteiger partial charge on any atom is -0.380 e. The molecule has 4 heteroatoms. The molecule has 1 aliphatic rings. The van der Waals surface area contributed by atoms with Gasteiger partial charge in [0, 0.05) is 6.04 Å². The lowest BCUT2D eigenvalue weighted by atomic mass is 9.84. The third-order valence-corrected chi connectivity index (χ3v) is 3.45. The number of rotatable bonds is 3. The summed E-state index contributed by atoms with van der Waals surface area (Å²) in [5.74, 6) is 0. The zero-order chi connectivity index (χ0) is 12.5. The summed E-state index contributed by atoms with van der Waals surface area (Å²) in [7, 11) is 0. The molecule has 0 aromatic heterocycles. The highest BCUT2D eigenvalue weighted by Crippen LogP contribution is 2.32. The SMILES string of the molecule is C[C@@H]1NCCc2c1cccc2C(O)(CF)CF. The van der Waals surface area contributed by atoms with Crippen LogP contribution in [-0.4, -0.2) is 25.0 Å². The highest BCUT2D eigenvalue weighted by molar-refractivity contribution is 5.42. The van der Waals surface area contributed by atoms with Gasteiger partial charge >= 0.3 is 0 Å². The van der Waals surface area contributed by atoms with Crippen molar-refractivity contribution in [1.29, 1.82) is 0 Å². The highest BCUT2D eigenvalue weighted by atomic mass is 19.1. The molecule has 0 unspecified atom stereocenters. The van der Waals surface area contributed by atoms with Gasteiger partial charge in [0.1, 0.15) is 19.0 Å². The fourth-order valence-corrected chi connectivity index (χ4v) is 2.43. The van der Waals surface area contributed by atoms with E-state index in [1.807, 2.05) is 13.0 Å². The van der Waals surface area contributed by atoms with E-state index in [4.69, 9.17) is 0 Å². The minimum absolute atomic E-state index is 0.155. The van der Waals surface area contributed by atoms with Crippen LogP contribution in [0.1, 0.15) is 29.7 Å². The first-order valence-corrected chi connectivity index (χ1v) is 5.82. The molecule has 0 saturated heterocycles. The van der Waals surface area contributed by atoms with Crippen molar-refractivity contribution in [3.63, 3.8) is 0 Å². The van der Waals surface area contributed by atoms with Crippen LogP contribution in [0.2, 0.25) is 0 Å². The van der Waals surface area contributed by atoms with E-state index in [1.165, 1.54) is 0 Å². The Morgan fingerprint density at radius 1 is 1.41 bits per heavy atom. The normalized spacial score (nSPS) is 20.1. The molecule has 0 amide bonds. The van der Waals surface area contributed by atoms with Crippen molar-refractivity contribution >= 4 is 0 Å². The van der Waals surface area contributed by atoms with Crippen LogP contribution in [-0.2, 0) is 12.0 Å². The number of hydrogen-bond acceptors (Lipinski definition) is 2. The maximum atomic E-state index is 12.9. The van der Waals surface area contributed by atoms with Gasteiger partial charge in [-0.3, -0.25) is 0 Å². The fraction of sp³-hybridized carbons (Fsp3) is 0.538. The molecule has 17 heavy (non-hydrogen) atoms. The van der Waals surface area contributed by atoms with Gasteiger partial charge in [-0.1, -0.05) is 18.2 Å². The number of hydrogen-bond donors (Lipinski definition) is 2. The van der Waals surface area contributed by atoms with Gasteiger partial charge < -0.3 is 10.4 Å². The number of benzene rings is 1. The van der Waals surface area contributed by atoms with Crippen molar-refractivity contribution in [2.24, 2.45) is 0 Å². The van der Waals surface area contributed by atoms with Crippen LogP contribution in [0.15, 0.2) is 18.2 Å². The van der Waals surface area contributed by atoms with E-state index in [0.29, 0.717) is 12.0 Å². The van der Waals surface area contributed by atoms with Crippen molar-refractivity contribution in [2.75, 3.05) is 19.9 Å². The van der Waals surface area contributed by atoms with E-state index in [9.17, 15) is 13.9 Å². The minimum atomic E-state index is -1.98. The molecule has 0 spiro atoms. The molecule has 1 heterocycles. The van der Waals surface area contributed by atoms with Crippen LogP contribution >= 0.6 is 0 Å². The Bertz CT molecular complexity index is 404. The molecule has 2 nitrogen and oxygen atoms in total. The molecular weight excluding hydrogens is 224 g/mol.